The van der Waals surface area contributed by atoms with Gasteiger partial charge in [0.15, 0.2) is 5.16 Å². The van der Waals surface area contributed by atoms with Crippen LogP contribution in [0.2, 0.25) is 0 Å². The van der Waals surface area contributed by atoms with Crippen molar-refractivity contribution in [2.45, 2.75) is 11.6 Å². The van der Waals surface area contributed by atoms with E-state index in [1.165, 1.54) is 11.8 Å². The number of hydrogen-bond acceptors (Lipinski definition) is 5. The Labute approximate surface area is 181 Å². The van der Waals surface area contributed by atoms with Crippen molar-refractivity contribution in [2.24, 2.45) is 0 Å². The van der Waals surface area contributed by atoms with Crippen LogP contribution in [0.25, 0.3) is 22.2 Å². The van der Waals surface area contributed by atoms with E-state index in [0.717, 1.165) is 61.4 Å². The molecule has 0 aliphatic carbocycles. The van der Waals surface area contributed by atoms with Crippen LogP contribution in [0.3, 0.4) is 0 Å². The second-order valence-electron chi connectivity index (χ2n) is 7.34. The monoisotopic (exact) mass is 423 g/mol. The van der Waals surface area contributed by atoms with Crippen molar-refractivity contribution in [2.75, 3.05) is 45.1 Å². The van der Waals surface area contributed by atoms with Gasteiger partial charge in [-0.1, -0.05) is 60.3 Å². The molecule has 0 radical (unpaired) electrons. The Kier molecular flexibility index (Phi) is 7.29. The Hall–Kier alpha value is -2.48. The van der Waals surface area contributed by atoms with Crippen molar-refractivity contribution < 1.29 is 14.4 Å². The lowest BCUT2D eigenvalue weighted by molar-refractivity contribution is -0.908. The van der Waals surface area contributed by atoms with E-state index < -0.39 is 0 Å². The molecule has 0 bridgehead atoms. The minimum absolute atomic E-state index is 0.0231. The summed E-state index contributed by atoms with van der Waals surface area (Å²) in [6, 6.07) is 18.1. The maximum Gasteiger partial charge on any atom is 0.230 e. The molecule has 30 heavy (non-hydrogen) atoms. The van der Waals surface area contributed by atoms with Gasteiger partial charge in [-0.25, -0.2) is 9.97 Å². The fraction of sp³-hybridized carbons (Fsp3) is 0.348. The van der Waals surface area contributed by atoms with Gasteiger partial charge in [0, 0.05) is 23.9 Å². The molecule has 2 N–H and O–H groups in total. The van der Waals surface area contributed by atoms with Gasteiger partial charge >= 0.3 is 0 Å². The normalized spacial score (nSPS) is 14.7. The molecule has 156 valence electrons. The summed E-state index contributed by atoms with van der Waals surface area (Å²) in [5.41, 5.74) is 2.84. The average molecular weight is 424 g/mol. The number of hydrogen-bond donors (Lipinski definition) is 2. The lowest BCUT2D eigenvalue weighted by atomic mass is 10.1. The molecular weight excluding hydrogens is 396 g/mol. The minimum Gasteiger partial charge on any atom is -0.370 e. The zero-order valence-corrected chi connectivity index (χ0v) is 17.8. The molecule has 0 atom stereocenters. The Bertz CT molecular complexity index is 977. The lowest BCUT2D eigenvalue weighted by Gasteiger charge is -2.23. The molecule has 0 spiro atoms. The maximum absolute atomic E-state index is 12.3. The standard InChI is InChI=1S/C23H26N4O2S/c28-21(24-11-6-12-27-13-15-29-16-14-27)17-30-23-25-20-10-5-4-9-19(20)22(26-23)18-7-2-1-3-8-18/h1-5,7-10H,6,11-17H2,(H,24,28)/p+1. The summed E-state index contributed by atoms with van der Waals surface area (Å²) in [6.45, 7) is 5.59. The predicted molar refractivity (Wildman–Crippen MR) is 120 cm³/mol. The minimum atomic E-state index is 0.0231. The first-order valence-corrected chi connectivity index (χ1v) is 11.4. The van der Waals surface area contributed by atoms with Gasteiger partial charge in [-0.2, -0.15) is 0 Å². The van der Waals surface area contributed by atoms with Gasteiger partial charge in [-0.3, -0.25) is 4.79 Å². The van der Waals surface area contributed by atoms with Gasteiger partial charge in [0.1, 0.15) is 13.1 Å². The maximum atomic E-state index is 12.3. The van der Waals surface area contributed by atoms with Crippen LogP contribution in [0.4, 0.5) is 0 Å². The second kappa shape index (κ2) is 10.5. The smallest absolute Gasteiger partial charge is 0.230 e. The van der Waals surface area contributed by atoms with Crippen molar-refractivity contribution in [3.63, 3.8) is 0 Å². The largest absolute Gasteiger partial charge is 0.370 e. The molecule has 4 rings (SSSR count). The molecule has 1 saturated heterocycles. The number of carbonyl (C=O) groups is 1. The summed E-state index contributed by atoms with van der Waals surface area (Å²) in [4.78, 5) is 23.2. The number of thioether (sulfide) groups is 1. The third kappa shape index (κ3) is 5.56. The molecule has 6 nitrogen and oxygen atoms in total. The lowest BCUT2D eigenvalue weighted by Crippen LogP contribution is -3.14. The van der Waals surface area contributed by atoms with Crippen LogP contribution in [0.1, 0.15) is 6.42 Å². The number of amides is 1. The van der Waals surface area contributed by atoms with Gasteiger partial charge in [-0.15, -0.1) is 0 Å². The number of carbonyl (C=O) groups excluding carboxylic acids is 1. The highest BCUT2D eigenvalue weighted by Crippen LogP contribution is 2.28. The number of fused-ring (bicyclic) bond motifs is 1. The van der Waals surface area contributed by atoms with Crippen molar-refractivity contribution in [1.29, 1.82) is 0 Å². The SMILES string of the molecule is O=C(CSc1nc(-c2ccccc2)c2ccccc2n1)NCCC[NH+]1CCOCC1. The highest BCUT2D eigenvalue weighted by Gasteiger charge is 2.14. The number of ether oxygens (including phenoxy) is 1. The third-order valence-electron chi connectivity index (χ3n) is 5.19. The van der Waals surface area contributed by atoms with Gasteiger partial charge in [-0.05, 0) is 6.07 Å². The molecule has 7 heteroatoms. The van der Waals surface area contributed by atoms with Crippen LogP contribution in [0.15, 0.2) is 59.8 Å². The molecule has 3 aromatic rings. The number of aromatic nitrogens is 2. The summed E-state index contributed by atoms with van der Waals surface area (Å²) in [7, 11) is 0. The van der Waals surface area contributed by atoms with E-state index in [1.807, 2.05) is 54.6 Å². The molecule has 2 heterocycles. The van der Waals surface area contributed by atoms with Crippen LogP contribution in [0, 0.1) is 0 Å². The summed E-state index contributed by atoms with van der Waals surface area (Å²) in [6.07, 6.45) is 0.983. The summed E-state index contributed by atoms with van der Waals surface area (Å²) in [5.74, 6) is 0.340. The first-order valence-electron chi connectivity index (χ1n) is 10.4. The Morgan fingerprint density at radius 3 is 2.63 bits per heavy atom. The molecule has 1 aromatic heterocycles. The Morgan fingerprint density at radius 2 is 1.80 bits per heavy atom. The van der Waals surface area contributed by atoms with Crippen LogP contribution in [-0.4, -0.2) is 61.0 Å². The number of nitrogens with one attached hydrogen (secondary N) is 2. The summed E-state index contributed by atoms with van der Waals surface area (Å²) < 4.78 is 5.38. The fourth-order valence-corrected chi connectivity index (χ4v) is 4.27. The first kappa shape index (κ1) is 20.8. The molecular formula is C23H27N4O2S+. The van der Waals surface area contributed by atoms with Crippen LogP contribution < -0.4 is 10.2 Å². The predicted octanol–water partition coefficient (Wildman–Crippen LogP) is 1.81. The van der Waals surface area contributed by atoms with Crippen LogP contribution in [0.5, 0.6) is 0 Å². The van der Waals surface area contributed by atoms with E-state index in [4.69, 9.17) is 9.72 Å². The molecule has 1 aliphatic heterocycles. The Balaban J connectivity index is 1.34. The molecule has 0 unspecified atom stereocenters. The molecule has 0 saturated carbocycles. The number of benzene rings is 2. The third-order valence-corrected chi connectivity index (χ3v) is 6.04. The van der Waals surface area contributed by atoms with E-state index in [0.29, 0.717) is 17.5 Å². The molecule has 1 amide bonds. The fourth-order valence-electron chi connectivity index (χ4n) is 3.59. The number of rotatable bonds is 8. The number of para-hydroxylation sites is 1. The topological polar surface area (TPSA) is 68.5 Å². The summed E-state index contributed by atoms with van der Waals surface area (Å²) in [5, 5.41) is 4.66. The highest BCUT2D eigenvalue weighted by atomic mass is 32.2. The molecule has 1 aliphatic rings. The average Bonchev–Trinajstić information content (AvgIpc) is 2.81. The van der Waals surface area contributed by atoms with E-state index in [2.05, 4.69) is 10.3 Å². The van der Waals surface area contributed by atoms with E-state index in [-0.39, 0.29) is 5.91 Å². The van der Waals surface area contributed by atoms with Gasteiger partial charge in [0.2, 0.25) is 5.91 Å². The quantitative estimate of drug-likeness (QED) is 0.329. The van der Waals surface area contributed by atoms with E-state index in [9.17, 15) is 4.79 Å². The first-order chi connectivity index (χ1) is 14.8. The Morgan fingerprint density at radius 1 is 1.03 bits per heavy atom. The zero-order chi connectivity index (χ0) is 20.6. The zero-order valence-electron chi connectivity index (χ0n) is 17.0. The second-order valence-corrected chi connectivity index (χ2v) is 8.29. The number of morpholine rings is 1. The summed E-state index contributed by atoms with van der Waals surface area (Å²) >= 11 is 1.38. The van der Waals surface area contributed by atoms with Crippen LogP contribution in [-0.2, 0) is 9.53 Å². The van der Waals surface area contributed by atoms with Gasteiger partial charge in [0.25, 0.3) is 0 Å². The number of nitrogens with zero attached hydrogens (tertiary/aromatic N) is 2. The van der Waals surface area contributed by atoms with Gasteiger partial charge < -0.3 is 15.0 Å². The molecule has 1 fully saturated rings. The van der Waals surface area contributed by atoms with Crippen molar-refractivity contribution in [3.8, 4) is 11.3 Å². The van der Waals surface area contributed by atoms with E-state index >= 15 is 0 Å². The van der Waals surface area contributed by atoms with Crippen molar-refractivity contribution >= 4 is 28.6 Å². The van der Waals surface area contributed by atoms with Crippen molar-refractivity contribution in [1.82, 2.24) is 15.3 Å². The molecule has 2 aromatic carbocycles. The van der Waals surface area contributed by atoms with E-state index in [1.54, 1.807) is 4.90 Å². The van der Waals surface area contributed by atoms with Crippen LogP contribution >= 0.6 is 11.8 Å². The van der Waals surface area contributed by atoms with Gasteiger partial charge in [0.05, 0.1) is 36.7 Å². The number of quaternary nitrogens is 1. The van der Waals surface area contributed by atoms with Crippen molar-refractivity contribution in [3.05, 3.63) is 54.6 Å². The highest BCUT2D eigenvalue weighted by molar-refractivity contribution is 7.99.